The minimum absolute atomic E-state index is 0.197. The van der Waals surface area contributed by atoms with Crippen molar-refractivity contribution < 1.29 is 14.0 Å². The van der Waals surface area contributed by atoms with Crippen LogP contribution in [0.2, 0.25) is 0 Å². The Bertz CT molecular complexity index is 1470. The van der Waals surface area contributed by atoms with Gasteiger partial charge in [-0.05, 0) is 32.0 Å². The molecule has 35 heavy (non-hydrogen) atoms. The SMILES string of the molecule is C[C@@H]1CN(c2ncc(C(=O)Nc3cc(F)c4nn(C)cc4c3)c3ncc(C(N)=O)cc23)C[C@H](C)N1. The molecule has 3 aromatic heterocycles. The number of piperazine rings is 1. The minimum atomic E-state index is -0.623. The molecular formula is C24H25FN8O2. The molecule has 10 nitrogen and oxygen atoms in total. The van der Waals surface area contributed by atoms with E-state index in [0.29, 0.717) is 35.2 Å². The molecule has 1 aliphatic heterocycles. The van der Waals surface area contributed by atoms with Crippen LogP contribution in [-0.2, 0) is 7.05 Å². The summed E-state index contributed by atoms with van der Waals surface area (Å²) in [6, 6.07) is 4.93. The lowest BCUT2D eigenvalue weighted by Crippen LogP contribution is -2.54. The molecule has 1 fully saturated rings. The van der Waals surface area contributed by atoms with Crippen molar-refractivity contribution in [3.8, 4) is 0 Å². The number of rotatable bonds is 4. The second kappa shape index (κ2) is 8.58. The summed E-state index contributed by atoms with van der Waals surface area (Å²) in [6.45, 7) is 5.56. The average molecular weight is 477 g/mol. The predicted octanol–water partition coefficient (Wildman–Crippen LogP) is 2.19. The first kappa shape index (κ1) is 22.7. The maximum absolute atomic E-state index is 14.5. The molecule has 1 saturated heterocycles. The number of anilines is 2. The van der Waals surface area contributed by atoms with Crippen molar-refractivity contribution in [3.05, 3.63) is 53.7 Å². The lowest BCUT2D eigenvalue weighted by molar-refractivity contribution is 0.0998. The second-order valence-corrected chi connectivity index (χ2v) is 9.01. The zero-order valence-electron chi connectivity index (χ0n) is 19.5. The van der Waals surface area contributed by atoms with Gasteiger partial charge in [0.15, 0.2) is 5.82 Å². The summed E-state index contributed by atoms with van der Waals surface area (Å²) in [5.41, 5.74) is 6.79. The Labute approximate surface area is 200 Å². The number of fused-ring (bicyclic) bond motifs is 2. The summed E-state index contributed by atoms with van der Waals surface area (Å²) in [5, 5.41) is 11.4. The van der Waals surface area contributed by atoms with Crippen LogP contribution in [0.25, 0.3) is 21.8 Å². The Morgan fingerprint density at radius 2 is 1.86 bits per heavy atom. The van der Waals surface area contributed by atoms with Crippen LogP contribution in [-0.4, -0.2) is 56.7 Å². The summed E-state index contributed by atoms with van der Waals surface area (Å²) in [4.78, 5) is 36.2. The van der Waals surface area contributed by atoms with Gasteiger partial charge in [0.2, 0.25) is 5.91 Å². The Balaban J connectivity index is 1.56. The summed E-state index contributed by atoms with van der Waals surface area (Å²) in [7, 11) is 1.70. The van der Waals surface area contributed by atoms with E-state index in [9.17, 15) is 14.0 Å². The fourth-order valence-electron chi connectivity index (χ4n) is 4.64. The maximum atomic E-state index is 14.5. The van der Waals surface area contributed by atoms with E-state index < -0.39 is 17.6 Å². The van der Waals surface area contributed by atoms with E-state index in [1.54, 1.807) is 25.4 Å². The molecule has 0 radical (unpaired) electrons. The van der Waals surface area contributed by atoms with Crippen molar-refractivity contribution in [3.63, 3.8) is 0 Å². The number of amides is 2. The van der Waals surface area contributed by atoms with Crippen molar-refractivity contribution in [2.24, 2.45) is 12.8 Å². The van der Waals surface area contributed by atoms with E-state index in [1.165, 1.54) is 23.1 Å². The van der Waals surface area contributed by atoms with E-state index in [1.807, 2.05) is 0 Å². The van der Waals surface area contributed by atoms with Gasteiger partial charge >= 0.3 is 0 Å². The molecule has 4 N–H and O–H groups in total. The zero-order valence-corrected chi connectivity index (χ0v) is 19.5. The van der Waals surface area contributed by atoms with Gasteiger partial charge in [0.25, 0.3) is 5.91 Å². The maximum Gasteiger partial charge on any atom is 0.259 e. The highest BCUT2D eigenvalue weighted by atomic mass is 19.1. The number of primary amides is 1. The molecule has 4 aromatic rings. The van der Waals surface area contributed by atoms with Crippen LogP contribution in [0.5, 0.6) is 0 Å². The molecule has 4 heterocycles. The number of hydrogen-bond acceptors (Lipinski definition) is 7. The normalized spacial score (nSPS) is 18.2. The van der Waals surface area contributed by atoms with Crippen LogP contribution >= 0.6 is 0 Å². The highest BCUT2D eigenvalue weighted by molar-refractivity contribution is 6.14. The monoisotopic (exact) mass is 476 g/mol. The van der Waals surface area contributed by atoms with Crippen LogP contribution in [0.1, 0.15) is 34.6 Å². The molecule has 0 bridgehead atoms. The van der Waals surface area contributed by atoms with E-state index in [2.05, 4.69) is 44.4 Å². The number of halogens is 1. The van der Waals surface area contributed by atoms with Gasteiger partial charge in [-0.15, -0.1) is 0 Å². The van der Waals surface area contributed by atoms with Crippen molar-refractivity contribution in [1.29, 1.82) is 0 Å². The molecule has 0 unspecified atom stereocenters. The summed E-state index contributed by atoms with van der Waals surface area (Å²) in [5.74, 6) is -1.04. The number of carbonyl (C=O) groups excluding carboxylic acids is 2. The third-order valence-corrected chi connectivity index (χ3v) is 6.02. The first-order valence-electron chi connectivity index (χ1n) is 11.2. The van der Waals surface area contributed by atoms with Gasteiger partial charge in [0, 0.05) is 67.3 Å². The molecule has 180 valence electrons. The Morgan fingerprint density at radius 1 is 1.11 bits per heavy atom. The average Bonchev–Trinajstić information content (AvgIpc) is 3.18. The minimum Gasteiger partial charge on any atom is -0.366 e. The number of aromatic nitrogens is 4. The molecule has 1 aromatic carbocycles. The van der Waals surface area contributed by atoms with Crippen molar-refractivity contribution in [2.75, 3.05) is 23.3 Å². The summed E-state index contributed by atoms with van der Waals surface area (Å²) in [6.07, 6.45) is 4.47. The number of pyridine rings is 2. The zero-order chi connectivity index (χ0) is 24.9. The van der Waals surface area contributed by atoms with Gasteiger partial charge in [-0.1, -0.05) is 0 Å². The third-order valence-electron chi connectivity index (χ3n) is 6.02. The topological polar surface area (TPSA) is 131 Å². The number of nitrogens with zero attached hydrogens (tertiary/aromatic N) is 5. The van der Waals surface area contributed by atoms with E-state index in [-0.39, 0.29) is 34.4 Å². The van der Waals surface area contributed by atoms with Gasteiger partial charge in [0.1, 0.15) is 11.3 Å². The van der Waals surface area contributed by atoms with Gasteiger partial charge in [-0.25, -0.2) is 9.37 Å². The number of carbonyl (C=O) groups is 2. The smallest absolute Gasteiger partial charge is 0.259 e. The van der Waals surface area contributed by atoms with Crippen LogP contribution in [0.15, 0.2) is 36.8 Å². The Morgan fingerprint density at radius 3 is 2.57 bits per heavy atom. The number of nitrogens with two attached hydrogens (primary N) is 1. The van der Waals surface area contributed by atoms with Crippen molar-refractivity contribution in [2.45, 2.75) is 25.9 Å². The van der Waals surface area contributed by atoms with Crippen LogP contribution in [0.3, 0.4) is 0 Å². The molecule has 0 saturated carbocycles. The largest absolute Gasteiger partial charge is 0.366 e. The van der Waals surface area contributed by atoms with Crippen molar-refractivity contribution >= 4 is 45.1 Å². The fraction of sp³-hybridized carbons (Fsp3) is 0.292. The lowest BCUT2D eigenvalue weighted by Gasteiger charge is -2.37. The van der Waals surface area contributed by atoms with E-state index in [4.69, 9.17) is 5.73 Å². The highest BCUT2D eigenvalue weighted by Crippen LogP contribution is 2.29. The third kappa shape index (κ3) is 4.26. The molecule has 0 spiro atoms. The fourth-order valence-corrected chi connectivity index (χ4v) is 4.64. The van der Waals surface area contributed by atoms with Gasteiger partial charge < -0.3 is 21.3 Å². The molecule has 5 rings (SSSR count). The predicted molar refractivity (Wildman–Crippen MR) is 131 cm³/mol. The van der Waals surface area contributed by atoms with Crippen LogP contribution < -0.4 is 21.3 Å². The first-order chi connectivity index (χ1) is 16.7. The molecule has 11 heteroatoms. The van der Waals surface area contributed by atoms with Gasteiger partial charge in [-0.2, -0.15) is 5.10 Å². The number of aryl methyl sites for hydroxylation is 1. The second-order valence-electron chi connectivity index (χ2n) is 9.01. The quantitative estimate of drug-likeness (QED) is 0.411. The van der Waals surface area contributed by atoms with Gasteiger partial charge in [0.05, 0.1) is 16.6 Å². The number of hydrogen-bond donors (Lipinski definition) is 3. The van der Waals surface area contributed by atoms with Crippen LogP contribution in [0.4, 0.5) is 15.9 Å². The first-order valence-corrected chi connectivity index (χ1v) is 11.2. The highest BCUT2D eigenvalue weighted by Gasteiger charge is 2.26. The van der Waals surface area contributed by atoms with Gasteiger partial charge in [-0.3, -0.25) is 19.3 Å². The Kier molecular flexibility index (Phi) is 5.56. The molecule has 2 amide bonds. The molecule has 0 aliphatic carbocycles. The number of benzene rings is 1. The van der Waals surface area contributed by atoms with Crippen molar-refractivity contribution in [1.82, 2.24) is 25.1 Å². The van der Waals surface area contributed by atoms with Crippen LogP contribution in [0, 0.1) is 5.82 Å². The van der Waals surface area contributed by atoms with E-state index >= 15 is 0 Å². The standard InChI is InChI=1S/C24H25FN8O2/c1-12-9-33(10-13(2)29-12)23-17-5-14(22(26)34)7-27-21(17)18(8-28-23)24(35)30-16-4-15-11-32(3)31-20(15)19(25)6-16/h4-8,11-13,29H,9-10H2,1-3H3,(H2,26,34)(H,30,35)/t12-,13+. The Hall–Kier alpha value is -4.12. The molecule has 1 aliphatic rings. The van der Waals surface area contributed by atoms with E-state index in [0.717, 1.165) is 0 Å². The summed E-state index contributed by atoms with van der Waals surface area (Å²) < 4.78 is 16.0. The summed E-state index contributed by atoms with van der Waals surface area (Å²) >= 11 is 0. The molecule has 2 atom stereocenters. The molecular weight excluding hydrogens is 451 g/mol. The number of nitrogens with one attached hydrogen (secondary N) is 2. The lowest BCUT2D eigenvalue weighted by atomic mass is 10.1.